The zero-order valence-corrected chi connectivity index (χ0v) is 10.2. The Balaban J connectivity index is 2.93. The quantitative estimate of drug-likeness (QED) is 0.428. The van der Waals surface area contributed by atoms with Crippen molar-refractivity contribution in [2.24, 2.45) is 0 Å². The molecule has 1 aliphatic heterocycles. The summed E-state index contributed by atoms with van der Waals surface area (Å²) in [7, 11) is -4.75. The molecule has 1 saturated heterocycles. The van der Waals surface area contributed by atoms with Crippen molar-refractivity contribution in [3.8, 4) is 0 Å². The second-order valence-corrected chi connectivity index (χ2v) is 5.06. The molecule has 0 unspecified atom stereocenters. The third-order valence-electron chi connectivity index (χ3n) is 2.35. The molecule has 0 N–H and O–H groups in total. The number of alkyl halides is 3. The lowest BCUT2D eigenvalue weighted by molar-refractivity contribution is -0.146. The topological polar surface area (TPSA) is 78.9 Å². The van der Waals surface area contributed by atoms with E-state index in [1.54, 1.807) is 6.92 Å². The first kappa shape index (κ1) is 15.2. The maximum absolute atomic E-state index is 12.1. The Labute approximate surface area is 101 Å². The zero-order valence-electron chi connectivity index (χ0n) is 9.43. The van der Waals surface area contributed by atoms with Gasteiger partial charge in [0.2, 0.25) is 6.10 Å². The first-order valence-corrected chi connectivity index (χ1v) is 6.27. The third kappa shape index (κ3) is 2.75. The highest BCUT2D eigenvalue weighted by atomic mass is 32.2. The van der Waals surface area contributed by atoms with Gasteiger partial charge >= 0.3 is 21.6 Å². The Kier molecular flexibility index (Phi) is 4.23. The molecule has 18 heavy (non-hydrogen) atoms. The summed E-state index contributed by atoms with van der Waals surface area (Å²) in [5.41, 5.74) is -5.60. The van der Waals surface area contributed by atoms with E-state index < -0.39 is 39.9 Å². The van der Waals surface area contributed by atoms with E-state index in [2.05, 4.69) is 8.92 Å². The molecular weight excluding hydrogens is 281 g/mol. The maximum Gasteiger partial charge on any atom is 0.523 e. The molecule has 0 radical (unpaired) electrons. The van der Waals surface area contributed by atoms with Crippen molar-refractivity contribution in [2.75, 3.05) is 7.11 Å². The zero-order chi connectivity index (χ0) is 14.1. The Bertz CT molecular complexity index is 417. The van der Waals surface area contributed by atoms with Gasteiger partial charge in [0, 0.05) is 7.11 Å². The summed E-state index contributed by atoms with van der Waals surface area (Å²) in [6, 6.07) is 0. The average molecular weight is 292 g/mol. The number of ether oxygens (including phenoxy) is 2. The first-order chi connectivity index (χ1) is 8.14. The van der Waals surface area contributed by atoms with Crippen LogP contribution in [0.15, 0.2) is 0 Å². The van der Waals surface area contributed by atoms with E-state index in [1.165, 1.54) is 0 Å². The molecule has 3 atom stereocenters. The molecule has 0 spiro atoms. The molecule has 1 aliphatic rings. The monoisotopic (exact) mass is 292 g/mol. The smallest absolute Gasteiger partial charge is 0.457 e. The van der Waals surface area contributed by atoms with Crippen LogP contribution in [0.1, 0.15) is 13.3 Å². The van der Waals surface area contributed by atoms with Crippen molar-refractivity contribution in [2.45, 2.75) is 37.2 Å². The van der Waals surface area contributed by atoms with Crippen LogP contribution in [0.3, 0.4) is 0 Å². The summed E-state index contributed by atoms with van der Waals surface area (Å²) in [5.74, 6) is -1.19. The highest BCUT2D eigenvalue weighted by Crippen LogP contribution is 2.30. The second kappa shape index (κ2) is 5.02. The summed E-state index contributed by atoms with van der Waals surface area (Å²) >= 11 is 0. The Hall–Kier alpha value is -0.870. The summed E-state index contributed by atoms with van der Waals surface area (Å²) in [6.07, 6.45) is -3.71. The predicted molar refractivity (Wildman–Crippen MR) is 50.8 cm³/mol. The molecule has 0 saturated carbocycles. The summed E-state index contributed by atoms with van der Waals surface area (Å²) in [5, 5.41) is 0. The maximum atomic E-state index is 12.1. The van der Waals surface area contributed by atoms with Crippen LogP contribution >= 0.6 is 0 Å². The van der Waals surface area contributed by atoms with Crippen LogP contribution in [0.5, 0.6) is 0 Å². The molecule has 0 aromatic heterocycles. The fourth-order valence-corrected chi connectivity index (χ4v) is 2.06. The Morgan fingerprint density at radius 1 is 1.39 bits per heavy atom. The number of esters is 1. The SMILES string of the molecule is CC[C@H]1OC(=O)[C@H](OS(=O)(=O)C(F)(F)F)[C@H]1OC. The van der Waals surface area contributed by atoms with Crippen molar-refractivity contribution >= 4 is 16.1 Å². The number of carbonyl (C=O) groups excluding carboxylic acids is 1. The molecule has 0 aromatic rings. The third-order valence-corrected chi connectivity index (χ3v) is 3.38. The van der Waals surface area contributed by atoms with Crippen LogP contribution in [0.4, 0.5) is 13.2 Å². The van der Waals surface area contributed by atoms with E-state index in [9.17, 15) is 26.4 Å². The fraction of sp³-hybridized carbons (Fsp3) is 0.875. The van der Waals surface area contributed by atoms with Gasteiger partial charge in [0.1, 0.15) is 12.2 Å². The van der Waals surface area contributed by atoms with Gasteiger partial charge in [-0.3, -0.25) is 0 Å². The van der Waals surface area contributed by atoms with Crippen LogP contribution < -0.4 is 0 Å². The average Bonchev–Trinajstić information content (AvgIpc) is 2.53. The Morgan fingerprint density at radius 2 is 1.94 bits per heavy atom. The molecule has 1 rings (SSSR count). The number of hydrogen-bond donors (Lipinski definition) is 0. The predicted octanol–water partition coefficient (Wildman–Crippen LogP) is 0.572. The largest absolute Gasteiger partial charge is 0.523 e. The van der Waals surface area contributed by atoms with Crippen LogP contribution in [-0.4, -0.2) is 45.3 Å². The number of halogens is 3. The van der Waals surface area contributed by atoms with Gasteiger partial charge < -0.3 is 9.47 Å². The molecule has 1 heterocycles. The minimum atomic E-state index is -5.87. The number of methoxy groups -OCH3 is 1. The number of carbonyl (C=O) groups is 1. The standard InChI is InChI=1S/C8H11F3O6S/c1-3-4-5(15-2)6(7(12)16-4)17-18(13,14)8(9,10)11/h4-6H,3H2,1-2H3/t4-,5+,6-/m1/s1. The van der Waals surface area contributed by atoms with Crippen molar-refractivity contribution in [3.05, 3.63) is 0 Å². The molecule has 0 aromatic carbocycles. The van der Waals surface area contributed by atoms with Gasteiger partial charge in [0.05, 0.1) is 0 Å². The lowest BCUT2D eigenvalue weighted by atomic mass is 10.1. The van der Waals surface area contributed by atoms with Gasteiger partial charge in [0.15, 0.2) is 0 Å². The minimum absolute atomic E-state index is 0.260. The van der Waals surface area contributed by atoms with Crippen LogP contribution in [0, 0.1) is 0 Å². The number of rotatable bonds is 4. The lowest BCUT2D eigenvalue weighted by Gasteiger charge is -2.18. The van der Waals surface area contributed by atoms with Crippen LogP contribution in [-0.2, 0) is 28.6 Å². The normalized spacial score (nSPS) is 29.4. The summed E-state index contributed by atoms with van der Waals surface area (Å²) in [4.78, 5) is 11.3. The molecule has 106 valence electrons. The number of cyclic esters (lactones) is 1. The lowest BCUT2D eigenvalue weighted by Crippen LogP contribution is -2.40. The van der Waals surface area contributed by atoms with Gasteiger partial charge in [-0.1, -0.05) is 6.92 Å². The number of hydrogen-bond acceptors (Lipinski definition) is 6. The van der Waals surface area contributed by atoms with Gasteiger partial charge in [-0.15, -0.1) is 0 Å². The van der Waals surface area contributed by atoms with Gasteiger partial charge in [-0.25, -0.2) is 8.98 Å². The van der Waals surface area contributed by atoms with Crippen molar-refractivity contribution in [3.63, 3.8) is 0 Å². The molecule has 0 aliphatic carbocycles. The highest BCUT2D eigenvalue weighted by Gasteiger charge is 2.54. The van der Waals surface area contributed by atoms with E-state index in [-0.39, 0.29) is 6.42 Å². The molecule has 1 fully saturated rings. The van der Waals surface area contributed by atoms with E-state index in [0.29, 0.717) is 0 Å². The van der Waals surface area contributed by atoms with Crippen molar-refractivity contribution in [1.29, 1.82) is 0 Å². The first-order valence-electron chi connectivity index (χ1n) is 4.87. The minimum Gasteiger partial charge on any atom is -0.457 e. The molecular formula is C8H11F3O6S. The van der Waals surface area contributed by atoms with E-state index in [4.69, 9.17) is 4.74 Å². The van der Waals surface area contributed by atoms with Gasteiger partial charge in [-0.2, -0.15) is 21.6 Å². The molecule has 0 amide bonds. The van der Waals surface area contributed by atoms with E-state index in [0.717, 1.165) is 7.11 Å². The fourth-order valence-electron chi connectivity index (χ4n) is 1.49. The van der Waals surface area contributed by atoms with Crippen LogP contribution in [0.25, 0.3) is 0 Å². The van der Waals surface area contributed by atoms with E-state index >= 15 is 0 Å². The highest BCUT2D eigenvalue weighted by molar-refractivity contribution is 7.87. The molecule has 0 bridgehead atoms. The van der Waals surface area contributed by atoms with Crippen molar-refractivity contribution in [1.82, 2.24) is 0 Å². The van der Waals surface area contributed by atoms with Gasteiger partial charge in [0.25, 0.3) is 0 Å². The Morgan fingerprint density at radius 3 is 2.33 bits per heavy atom. The summed E-state index contributed by atoms with van der Waals surface area (Å²) in [6.45, 7) is 1.60. The molecule has 6 nitrogen and oxygen atoms in total. The molecule has 10 heteroatoms. The second-order valence-electron chi connectivity index (χ2n) is 3.50. The van der Waals surface area contributed by atoms with Gasteiger partial charge in [-0.05, 0) is 6.42 Å². The van der Waals surface area contributed by atoms with Crippen molar-refractivity contribution < 1.29 is 40.0 Å². The van der Waals surface area contributed by atoms with Crippen LogP contribution in [0.2, 0.25) is 0 Å². The van der Waals surface area contributed by atoms with E-state index in [1.807, 2.05) is 0 Å². The summed E-state index contributed by atoms with van der Waals surface area (Å²) < 4.78 is 71.2.